The number of amides is 1. The highest BCUT2D eigenvalue weighted by atomic mass is 16.2. The van der Waals surface area contributed by atoms with Crippen LogP contribution in [0.5, 0.6) is 0 Å². The Labute approximate surface area is 120 Å². The lowest BCUT2D eigenvalue weighted by Gasteiger charge is -2.24. The second kappa shape index (κ2) is 6.54. The molecule has 1 amide bonds. The van der Waals surface area contributed by atoms with E-state index in [2.05, 4.69) is 27.1 Å². The molecule has 0 unspecified atom stereocenters. The standard InChI is InChI=1S/C14H23N5O/c1-4-11-13(15-5-2)16-10-17-14(11)19-8-6-7-18(3)12(20)9-19/h10H,4-9H2,1-3H3,(H,15,16,17). The van der Waals surface area contributed by atoms with E-state index in [0.29, 0.717) is 6.54 Å². The third-order valence-electron chi connectivity index (χ3n) is 3.59. The van der Waals surface area contributed by atoms with Gasteiger partial charge in [0.25, 0.3) is 0 Å². The molecule has 1 aromatic heterocycles. The molecule has 0 bridgehead atoms. The van der Waals surface area contributed by atoms with Crippen LogP contribution in [0.2, 0.25) is 0 Å². The van der Waals surface area contributed by atoms with Gasteiger partial charge in [-0.2, -0.15) is 0 Å². The van der Waals surface area contributed by atoms with Gasteiger partial charge >= 0.3 is 0 Å². The number of nitrogens with zero attached hydrogens (tertiary/aromatic N) is 4. The molecule has 1 aliphatic heterocycles. The van der Waals surface area contributed by atoms with Gasteiger partial charge < -0.3 is 15.1 Å². The molecule has 1 fully saturated rings. The molecule has 0 saturated carbocycles. The molecule has 20 heavy (non-hydrogen) atoms. The molecule has 2 rings (SSSR count). The summed E-state index contributed by atoms with van der Waals surface area (Å²) in [6, 6.07) is 0. The van der Waals surface area contributed by atoms with E-state index in [1.165, 1.54) is 0 Å². The highest BCUT2D eigenvalue weighted by molar-refractivity contribution is 5.82. The largest absolute Gasteiger partial charge is 0.370 e. The highest BCUT2D eigenvalue weighted by Gasteiger charge is 2.22. The first-order valence-corrected chi connectivity index (χ1v) is 7.24. The molecule has 0 aromatic carbocycles. The molecule has 2 heterocycles. The van der Waals surface area contributed by atoms with Crippen molar-refractivity contribution in [3.8, 4) is 0 Å². The van der Waals surface area contributed by atoms with E-state index in [4.69, 9.17) is 0 Å². The molecule has 0 aliphatic carbocycles. The molecule has 110 valence electrons. The number of carbonyl (C=O) groups is 1. The fourth-order valence-electron chi connectivity index (χ4n) is 2.49. The lowest BCUT2D eigenvalue weighted by molar-refractivity contribution is -0.127. The van der Waals surface area contributed by atoms with Crippen molar-refractivity contribution in [3.05, 3.63) is 11.9 Å². The Balaban J connectivity index is 2.31. The van der Waals surface area contributed by atoms with E-state index in [1.807, 2.05) is 14.0 Å². The number of anilines is 2. The van der Waals surface area contributed by atoms with Crippen molar-refractivity contribution in [2.45, 2.75) is 26.7 Å². The van der Waals surface area contributed by atoms with E-state index >= 15 is 0 Å². The zero-order valence-electron chi connectivity index (χ0n) is 12.5. The van der Waals surface area contributed by atoms with Gasteiger partial charge in [0.1, 0.15) is 18.0 Å². The first-order chi connectivity index (χ1) is 9.67. The van der Waals surface area contributed by atoms with Crippen LogP contribution >= 0.6 is 0 Å². The average molecular weight is 277 g/mol. The van der Waals surface area contributed by atoms with Crippen molar-refractivity contribution in [1.29, 1.82) is 0 Å². The first kappa shape index (κ1) is 14.6. The normalized spacial score (nSPS) is 16.2. The van der Waals surface area contributed by atoms with Crippen LogP contribution in [0.25, 0.3) is 0 Å². The van der Waals surface area contributed by atoms with Crippen molar-refractivity contribution in [2.75, 3.05) is 43.4 Å². The van der Waals surface area contributed by atoms with Crippen LogP contribution in [0.3, 0.4) is 0 Å². The molecule has 0 atom stereocenters. The summed E-state index contributed by atoms with van der Waals surface area (Å²) in [5, 5.41) is 3.27. The fourth-order valence-corrected chi connectivity index (χ4v) is 2.49. The van der Waals surface area contributed by atoms with Crippen molar-refractivity contribution in [1.82, 2.24) is 14.9 Å². The topological polar surface area (TPSA) is 61.4 Å². The lowest BCUT2D eigenvalue weighted by atomic mass is 10.2. The minimum atomic E-state index is 0.146. The summed E-state index contributed by atoms with van der Waals surface area (Å²) in [6.07, 6.45) is 3.39. The molecular formula is C14H23N5O. The highest BCUT2D eigenvalue weighted by Crippen LogP contribution is 2.25. The Morgan fingerprint density at radius 2 is 2.10 bits per heavy atom. The van der Waals surface area contributed by atoms with E-state index in [1.54, 1.807) is 11.2 Å². The Hall–Kier alpha value is -1.85. The Morgan fingerprint density at radius 1 is 1.30 bits per heavy atom. The second-order valence-electron chi connectivity index (χ2n) is 5.00. The molecule has 0 spiro atoms. The maximum absolute atomic E-state index is 12.0. The van der Waals surface area contributed by atoms with Crippen molar-refractivity contribution in [3.63, 3.8) is 0 Å². The molecule has 1 saturated heterocycles. The second-order valence-corrected chi connectivity index (χ2v) is 5.00. The van der Waals surface area contributed by atoms with Crippen molar-refractivity contribution < 1.29 is 4.79 Å². The van der Waals surface area contributed by atoms with Gasteiger partial charge in [0.15, 0.2) is 0 Å². The number of rotatable bonds is 4. The smallest absolute Gasteiger partial charge is 0.241 e. The van der Waals surface area contributed by atoms with Gasteiger partial charge in [-0.3, -0.25) is 4.79 Å². The van der Waals surface area contributed by atoms with Crippen molar-refractivity contribution in [2.24, 2.45) is 0 Å². The molecule has 0 radical (unpaired) electrons. The van der Waals surface area contributed by atoms with Gasteiger partial charge in [-0.05, 0) is 19.8 Å². The van der Waals surface area contributed by atoms with Crippen LogP contribution in [0.1, 0.15) is 25.8 Å². The van der Waals surface area contributed by atoms with E-state index in [-0.39, 0.29) is 5.91 Å². The van der Waals surface area contributed by atoms with Gasteiger partial charge in [0, 0.05) is 32.2 Å². The molecule has 1 aliphatic rings. The Morgan fingerprint density at radius 3 is 2.80 bits per heavy atom. The van der Waals surface area contributed by atoms with E-state index < -0.39 is 0 Å². The molecule has 6 nitrogen and oxygen atoms in total. The summed E-state index contributed by atoms with van der Waals surface area (Å²) in [6.45, 7) is 7.02. The predicted molar refractivity (Wildman–Crippen MR) is 80.0 cm³/mol. The third kappa shape index (κ3) is 3.00. The predicted octanol–water partition coefficient (Wildman–Crippen LogP) is 1.14. The minimum Gasteiger partial charge on any atom is -0.370 e. The van der Waals surface area contributed by atoms with Crippen LogP contribution < -0.4 is 10.2 Å². The lowest BCUT2D eigenvalue weighted by Crippen LogP contribution is -2.35. The molecule has 1 aromatic rings. The van der Waals surface area contributed by atoms with E-state index in [9.17, 15) is 4.79 Å². The zero-order valence-corrected chi connectivity index (χ0v) is 12.5. The van der Waals surface area contributed by atoms with Gasteiger partial charge in [-0.1, -0.05) is 6.92 Å². The summed E-state index contributed by atoms with van der Waals surface area (Å²) in [5.41, 5.74) is 1.09. The number of nitrogens with one attached hydrogen (secondary N) is 1. The number of hydrogen-bond donors (Lipinski definition) is 1. The minimum absolute atomic E-state index is 0.146. The first-order valence-electron chi connectivity index (χ1n) is 7.24. The summed E-state index contributed by atoms with van der Waals surface area (Å²) in [7, 11) is 1.86. The van der Waals surface area contributed by atoms with Gasteiger partial charge in [-0.15, -0.1) is 0 Å². The van der Waals surface area contributed by atoms with Gasteiger partial charge in [-0.25, -0.2) is 9.97 Å². The van der Waals surface area contributed by atoms with Crippen LogP contribution in [-0.2, 0) is 11.2 Å². The quantitative estimate of drug-likeness (QED) is 0.894. The molecule has 1 N–H and O–H groups in total. The summed E-state index contributed by atoms with van der Waals surface area (Å²) >= 11 is 0. The molecular weight excluding hydrogens is 254 g/mol. The summed E-state index contributed by atoms with van der Waals surface area (Å²) in [4.78, 5) is 24.6. The van der Waals surface area contributed by atoms with Crippen LogP contribution in [-0.4, -0.2) is 54.0 Å². The number of hydrogen-bond acceptors (Lipinski definition) is 5. The number of carbonyl (C=O) groups excluding carboxylic acids is 1. The maximum atomic E-state index is 12.0. The van der Waals surface area contributed by atoms with E-state index in [0.717, 1.165) is 49.7 Å². The average Bonchev–Trinajstić information content (AvgIpc) is 2.61. The summed E-state index contributed by atoms with van der Waals surface area (Å²) in [5.74, 6) is 1.92. The SMILES string of the molecule is CCNc1ncnc(N2CCCN(C)C(=O)C2)c1CC. The molecule has 6 heteroatoms. The maximum Gasteiger partial charge on any atom is 0.241 e. The summed E-state index contributed by atoms with van der Waals surface area (Å²) < 4.78 is 0. The van der Waals surface area contributed by atoms with Crippen LogP contribution in [0.4, 0.5) is 11.6 Å². The zero-order chi connectivity index (χ0) is 14.5. The van der Waals surface area contributed by atoms with Crippen molar-refractivity contribution >= 4 is 17.5 Å². The fraction of sp³-hybridized carbons (Fsp3) is 0.643. The van der Waals surface area contributed by atoms with Gasteiger partial charge in [0.05, 0.1) is 6.54 Å². The number of likely N-dealkylation sites (N-methyl/N-ethyl adjacent to an activating group) is 1. The third-order valence-corrected chi connectivity index (χ3v) is 3.59. The van der Waals surface area contributed by atoms with Gasteiger partial charge in [0.2, 0.25) is 5.91 Å². The Bertz CT molecular complexity index is 477. The monoisotopic (exact) mass is 277 g/mol. The number of aromatic nitrogens is 2. The van der Waals surface area contributed by atoms with Crippen LogP contribution in [0, 0.1) is 0 Å². The Kier molecular flexibility index (Phi) is 4.76. The van der Waals surface area contributed by atoms with Crippen LogP contribution in [0.15, 0.2) is 6.33 Å².